The van der Waals surface area contributed by atoms with Gasteiger partial charge in [-0.05, 0) is 31.4 Å². The first-order chi connectivity index (χ1) is 9.24. The summed E-state index contributed by atoms with van der Waals surface area (Å²) in [5.74, 6) is 0. The van der Waals surface area contributed by atoms with E-state index in [-0.39, 0.29) is 0 Å². The van der Waals surface area contributed by atoms with Crippen LogP contribution < -0.4 is 5.32 Å². The van der Waals surface area contributed by atoms with Gasteiger partial charge in [0.05, 0.1) is 10.7 Å². The third kappa shape index (κ3) is 3.81. The van der Waals surface area contributed by atoms with Crippen LogP contribution in [0.2, 0.25) is 0 Å². The minimum atomic E-state index is 0.343. The molecule has 1 aromatic heterocycles. The SMILES string of the molecule is CCNC(Cc1csc(C)n1)c1ccccc1SC. The van der Waals surface area contributed by atoms with Crippen LogP contribution in [0.5, 0.6) is 0 Å². The monoisotopic (exact) mass is 292 g/mol. The van der Waals surface area contributed by atoms with Gasteiger partial charge in [-0.3, -0.25) is 0 Å². The predicted octanol–water partition coefficient (Wildman–Crippen LogP) is 4.07. The molecule has 1 heterocycles. The lowest BCUT2D eigenvalue weighted by Gasteiger charge is -2.20. The van der Waals surface area contributed by atoms with E-state index < -0.39 is 0 Å². The summed E-state index contributed by atoms with van der Waals surface area (Å²) in [7, 11) is 0. The van der Waals surface area contributed by atoms with Gasteiger partial charge in [-0.15, -0.1) is 23.1 Å². The van der Waals surface area contributed by atoms with Crippen molar-refractivity contribution in [2.75, 3.05) is 12.8 Å². The zero-order valence-electron chi connectivity index (χ0n) is 11.6. The molecule has 0 radical (unpaired) electrons. The Balaban J connectivity index is 2.23. The highest BCUT2D eigenvalue weighted by Crippen LogP contribution is 2.28. The topological polar surface area (TPSA) is 24.9 Å². The van der Waals surface area contributed by atoms with Gasteiger partial charge in [-0.2, -0.15) is 0 Å². The zero-order chi connectivity index (χ0) is 13.7. The summed E-state index contributed by atoms with van der Waals surface area (Å²) < 4.78 is 0. The molecule has 0 saturated carbocycles. The quantitative estimate of drug-likeness (QED) is 0.813. The predicted molar refractivity (Wildman–Crippen MR) is 85.2 cm³/mol. The number of aryl methyl sites for hydroxylation is 1. The number of thiazole rings is 1. The van der Waals surface area contributed by atoms with Crippen LogP contribution in [0.1, 0.15) is 29.2 Å². The van der Waals surface area contributed by atoms with E-state index in [1.165, 1.54) is 16.2 Å². The average Bonchev–Trinajstić information content (AvgIpc) is 2.84. The first-order valence-electron chi connectivity index (χ1n) is 6.52. The smallest absolute Gasteiger partial charge is 0.0897 e. The van der Waals surface area contributed by atoms with E-state index in [2.05, 4.69) is 60.0 Å². The highest BCUT2D eigenvalue weighted by atomic mass is 32.2. The molecule has 0 amide bonds. The molecule has 1 N–H and O–H groups in total. The molecule has 1 unspecified atom stereocenters. The Morgan fingerprint density at radius 3 is 2.79 bits per heavy atom. The summed E-state index contributed by atoms with van der Waals surface area (Å²) in [6, 6.07) is 8.97. The van der Waals surface area contributed by atoms with Crippen molar-refractivity contribution in [2.45, 2.75) is 31.2 Å². The van der Waals surface area contributed by atoms with Gasteiger partial charge in [-0.1, -0.05) is 25.1 Å². The van der Waals surface area contributed by atoms with Gasteiger partial charge < -0.3 is 5.32 Å². The molecule has 1 aromatic carbocycles. The van der Waals surface area contributed by atoms with Crippen LogP contribution in [0.4, 0.5) is 0 Å². The van der Waals surface area contributed by atoms with E-state index in [1.807, 2.05) is 11.8 Å². The fourth-order valence-corrected chi connectivity index (χ4v) is 3.49. The summed E-state index contributed by atoms with van der Waals surface area (Å²) in [6.45, 7) is 5.18. The first-order valence-corrected chi connectivity index (χ1v) is 8.62. The second-order valence-corrected chi connectivity index (χ2v) is 6.32. The van der Waals surface area contributed by atoms with Gasteiger partial charge in [0.25, 0.3) is 0 Å². The number of aromatic nitrogens is 1. The maximum absolute atomic E-state index is 4.59. The molecule has 0 bridgehead atoms. The van der Waals surface area contributed by atoms with Gasteiger partial charge >= 0.3 is 0 Å². The number of hydrogen-bond donors (Lipinski definition) is 1. The maximum Gasteiger partial charge on any atom is 0.0897 e. The molecule has 2 aromatic rings. The molecule has 0 saturated heterocycles. The van der Waals surface area contributed by atoms with E-state index in [0.29, 0.717) is 6.04 Å². The molecule has 2 nitrogen and oxygen atoms in total. The molecule has 19 heavy (non-hydrogen) atoms. The normalized spacial score (nSPS) is 12.6. The van der Waals surface area contributed by atoms with Crippen molar-refractivity contribution in [2.24, 2.45) is 0 Å². The Hall–Kier alpha value is -0.840. The van der Waals surface area contributed by atoms with Crippen LogP contribution in [-0.4, -0.2) is 17.8 Å². The molecular formula is C15H20N2S2. The van der Waals surface area contributed by atoms with Gasteiger partial charge in [0, 0.05) is 22.7 Å². The standard InChI is InChI=1S/C15H20N2S2/c1-4-16-14(9-12-10-19-11(2)17-12)13-7-5-6-8-15(13)18-3/h5-8,10,14,16H,4,9H2,1-3H3. The van der Waals surface area contributed by atoms with Crippen molar-refractivity contribution in [3.05, 3.63) is 45.9 Å². The molecule has 0 aliphatic carbocycles. The number of nitrogens with one attached hydrogen (secondary N) is 1. The Morgan fingerprint density at radius 1 is 1.37 bits per heavy atom. The Bertz CT molecular complexity index is 522. The fraction of sp³-hybridized carbons (Fsp3) is 0.400. The number of hydrogen-bond acceptors (Lipinski definition) is 4. The highest BCUT2D eigenvalue weighted by Gasteiger charge is 2.15. The number of rotatable bonds is 6. The molecule has 0 aliphatic heterocycles. The van der Waals surface area contributed by atoms with Crippen LogP contribution in [0, 0.1) is 6.92 Å². The zero-order valence-corrected chi connectivity index (χ0v) is 13.3. The van der Waals surface area contributed by atoms with E-state index >= 15 is 0 Å². The van der Waals surface area contributed by atoms with Crippen LogP contribution in [0.15, 0.2) is 34.5 Å². The van der Waals surface area contributed by atoms with E-state index in [1.54, 1.807) is 11.3 Å². The van der Waals surface area contributed by atoms with Gasteiger partial charge in [-0.25, -0.2) is 4.98 Å². The number of likely N-dealkylation sites (N-methyl/N-ethyl adjacent to an activating group) is 1. The molecule has 102 valence electrons. The Morgan fingerprint density at radius 2 is 2.16 bits per heavy atom. The van der Waals surface area contributed by atoms with Crippen molar-refractivity contribution >= 4 is 23.1 Å². The van der Waals surface area contributed by atoms with Crippen LogP contribution in [0.3, 0.4) is 0 Å². The fourth-order valence-electron chi connectivity index (χ4n) is 2.20. The van der Waals surface area contributed by atoms with Gasteiger partial charge in [0.1, 0.15) is 0 Å². The van der Waals surface area contributed by atoms with Crippen molar-refractivity contribution in [3.8, 4) is 0 Å². The summed E-state index contributed by atoms with van der Waals surface area (Å²) in [6.07, 6.45) is 3.09. The van der Waals surface area contributed by atoms with Crippen LogP contribution in [0.25, 0.3) is 0 Å². The molecule has 0 aliphatic rings. The van der Waals surface area contributed by atoms with Crippen molar-refractivity contribution in [3.63, 3.8) is 0 Å². The minimum absolute atomic E-state index is 0.343. The molecule has 2 rings (SSSR count). The van der Waals surface area contributed by atoms with Crippen molar-refractivity contribution < 1.29 is 0 Å². The van der Waals surface area contributed by atoms with Crippen LogP contribution >= 0.6 is 23.1 Å². The molecule has 0 fully saturated rings. The minimum Gasteiger partial charge on any atom is -0.310 e. The number of thioether (sulfide) groups is 1. The third-order valence-electron chi connectivity index (χ3n) is 3.04. The largest absolute Gasteiger partial charge is 0.310 e. The number of benzene rings is 1. The number of nitrogens with zero attached hydrogens (tertiary/aromatic N) is 1. The average molecular weight is 292 g/mol. The molecular weight excluding hydrogens is 272 g/mol. The highest BCUT2D eigenvalue weighted by molar-refractivity contribution is 7.98. The first kappa shape index (κ1) is 14.6. The second-order valence-electron chi connectivity index (χ2n) is 4.41. The van der Waals surface area contributed by atoms with Gasteiger partial charge in [0.2, 0.25) is 0 Å². The maximum atomic E-state index is 4.59. The third-order valence-corrected chi connectivity index (χ3v) is 4.68. The second kappa shape index (κ2) is 7.08. The van der Waals surface area contributed by atoms with Crippen molar-refractivity contribution in [1.82, 2.24) is 10.3 Å². The summed E-state index contributed by atoms with van der Waals surface area (Å²) in [4.78, 5) is 5.93. The molecule has 1 atom stereocenters. The lowest BCUT2D eigenvalue weighted by Crippen LogP contribution is -2.23. The van der Waals surface area contributed by atoms with E-state index in [9.17, 15) is 0 Å². The van der Waals surface area contributed by atoms with Gasteiger partial charge in [0.15, 0.2) is 0 Å². The molecule has 4 heteroatoms. The molecule has 0 spiro atoms. The van der Waals surface area contributed by atoms with Crippen LogP contribution in [-0.2, 0) is 6.42 Å². The van der Waals surface area contributed by atoms with E-state index in [4.69, 9.17) is 0 Å². The Labute approximate surface area is 123 Å². The summed E-state index contributed by atoms with van der Waals surface area (Å²) >= 11 is 3.53. The lowest BCUT2D eigenvalue weighted by molar-refractivity contribution is 0.537. The van der Waals surface area contributed by atoms with Crippen molar-refractivity contribution in [1.29, 1.82) is 0 Å². The summed E-state index contributed by atoms with van der Waals surface area (Å²) in [5, 5.41) is 6.89. The lowest BCUT2D eigenvalue weighted by atomic mass is 10.0. The van der Waals surface area contributed by atoms with E-state index in [0.717, 1.165) is 18.0 Å². The Kier molecular flexibility index (Phi) is 5.43. The summed E-state index contributed by atoms with van der Waals surface area (Å²) in [5.41, 5.74) is 2.56.